The molecule has 11 aromatic rings. The van der Waals surface area contributed by atoms with Crippen LogP contribution in [-0.2, 0) is 0 Å². The maximum absolute atomic E-state index is 6.87. The molecular formula is C47H28N4O. The Morgan fingerprint density at radius 2 is 1.04 bits per heavy atom. The average Bonchev–Trinajstić information content (AvgIpc) is 3.77. The maximum Gasteiger partial charge on any atom is 0.235 e. The van der Waals surface area contributed by atoms with Gasteiger partial charge in [0.05, 0.1) is 33.6 Å². The molecule has 0 aliphatic heterocycles. The van der Waals surface area contributed by atoms with E-state index in [-0.39, 0.29) is 0 Å². The van der Waals surface area contributed by atoms with Crippen molar-refractivity contribution in [2.24, 2.45) is 0 Å². The fourth-order valence-electron chi connectivity index (χ4n) is 7.92. The van der Waals surface area contributed by atoms with Gasteiger partial charge in [-0.25, -0.2) is 15.0 Å². The second kappa shape index (κ2) is 11.2. The van der Waals surface area contributed by atoms with Crippen LogP contribution in [0.3, 0.4) is 0 Å². The molecule has 0 aliphatic rings. The van der Waals surface area contributed by atoms with E-state index in [1.54, 1.807) is 0 Å². The van der Waals surface area contributed by atoms with Gasteiger partial charge < -0.3 is 4.42 Å². The standard InChI is InChI=1S/C47H28N4O/c1-3-14-29(15-4-1)38-28-39(50-47(49-38)51-40-24-11-8-18-31(40)32-19-9-12-25-41(32)51)34-21-13-22-36-44-42(52-46(34)36)27-26-35-43(44)33-20-7-10-23-37(33)48-45(35)30-16-5-2-6-17-30/h1-28H. The van der Waals surface area contributed by atoms with Gasteiger partial charge in [0.25, 0.3) is 0 Å². The third kappa shape index (κ3) is 4.26. The van der Waals surface area contributed by atoms with Gasteiger partial charge in [-0.3, -0.25) is 4.57 Å². The first-order chi connectivity index (χ1) is 25.8. The van der Waals surface area contributed by atoms with Crippen molar-refractivity contribution in [2.75, 3.05) is 0 Å². The number of para-hydroxylation sites is 4. The Hall–Kier alpha value is -7.11. The first-order valence-electron chi connectivity index (χ1n) is 17.5. The van der Waals surface area contributed by atoms with Gasteiger partial charge in [0.15, 0.2) is 0 Å². The average molecular weight is 665 g/mol. The third-order valence-corrected chi connectivity index (χ3v) is 10.2. The van der Waals surface area contributed by atoms with Gasteiger partial charge in [0, 0.05) is 54.4 Å². The highest BCUT2D eigenvalue weighted by Crippen LogP contribution is 2.43. The van der Waals surface area contributed by atoms with Crippen LogP contribution in [-0.4, -0.2) is 19.5 Å². The predicted molar refractivity (Wildman–Crippen MR) is 213 cm³/mol. The number of fused-ring (bicyclic) bond motifs is 10. The van der Waals surface area contributed by atoms with E-state index < -0.39 is 0 Å². The molecule has 11 rings (SSSR count). The fourth-order valence-corrected chi connectivity index (χ4v) is 7.92. The van der Waals surface area contributed by atoms with Crippen LogP contribution < -0.4 is 0 Å². The fraction of sp³-hybridized carbons (Fsp3) is 0. The first kappa shape index (κ1) is 28.7. The number of rotatable bonds is 4. The minimum Gasteiger partial charge on any atom is -0.455 e. The molecule has 0 bridgehead atoms. The summed E-state index contributed by atoms with van der Waals surface area (Å²) in [7, 11) is 0. The van der Waals surface area contributed by atoms with Gasteiger partial charge in [-0.05, 0) is 42.5 Å². The molecule has 52 heavy (non-hydrogen) atoms. The van der Waals surface area contributed by atoms with Crippen molar-refractivity contribution in [1.29, 1.82) is 0 Å². The summed E-state index contributed by atoms with van der Waals surface area (Å²) in [6, 6.07) is 58.7. The SMILES string of the molecule is c1ccc(-c2cc(-c3cccc4c3oc3ccc5c(-c6ccccc6)nc6ccccc6c5c34)nc(-n3c4ccccc4c4ccccc43)n2)cc1. The summed E-state index contributed by atoms with van der Waals surface area (Å²) < 4.78 is 9.05. The molecule has 0 saturated heterocycles. The summed E-state index contributed by atoms with van der Waals surface area (Å²) in [6.45, 7) is 0. The zero-order valence-electron chi connectivity index (χ0n) is 27.9. The number of hydrogen-bond acceptors (Lipinski definition) is 4. The van der Waals surface area contributed by atoms with E-state index in [1.165, 1.54) is 0 Å². The van der Waals surface area contributed by atoms with Crippen molar-refractivity contribution in [1.82, 2.24) is 19.5 Å². The lowest BCUT2D eigenvalue weighted by Gasteiger charge is -2.12. The van der Waals surface area contributed by atoms with E-state index in [9.17, 15) is 0 Å². The van der Waals surface area contributed by atoms with Crippen molar-refractivity contribution in [3.8, 4) is 39.7 Å². The summed E-state index contributed by atoms with van der Waals surface area (Å²) in [6.07, 6.45) is 0. The zero-order valence-corrected chi connectivity index (χ0v) is 27.9. The maximum atomic E-state index is 6.87. The second-order valence-corrected chi connectivity index (χ2v) is 13.2. The lowest BCUT2D eigenvalue weighted by Crippen LogP contribution is -2.04. The van der Waals surface area contributed by atoms with Crippen molar-refractivity contribution in [2.45, 2.75) is 0 Å². The molecule has 5 heteroatoms. The molecule has 0 spiro atoms. The molecule has 0 atom stereocenters. The van der Waals surface area contributed by atoms with Gasteiger partial charge >= 0.3 is 0 Å². The molecule has 0 amide bonds. The number of pyridine rings is 1. The summed E-state index contributed by atoms with van der Waals surface area (Å²) in [5, 5.41) is 7.76. The summed E-state index contributed by atoms with van der Waals surface area (Å²) in [4.78, 5) is 15.7. The van der Waals surface area contributed by atoms with Crippen molar-refractivity contribution < 1.29 is 4.42 Å². The van der Waals surface area contributed by atoms with Crippen LogP contribution >= 0.6 is 0 Å². The molecule has 5 nitrogen and oxygen atoms in total. The highest BCUT2D eigenvalue weighted by Gasteiger charge is 2.21. The molecule has 0 fully saturated rings. The number of hydrogen-bond donors (Lipinski definition) is 0. The monoisotopic (exact) mass is 664 g/mol. The van der Waals surface area contributed by atoms with E-state index >= 15 is 0 Å². The quantitative estimate of drug-likeness (QED) is 0.176. The largest absolute Gasteiger partial charge is 0.455 e. The molecule has 0 saturated carbocycles. The van der Waals surface area contributed by atoms with Crippen LogP contribution in [0, 0.1) is 0 Å². The molecule has 0 N–H and O–H groups in total. The van der Waals surface area contributed by atoms with E-state index in [0.717, 1.165) is 99.2 Å². The molecule has 0 radical (unpaired) electrons. The van der Waals surface area contributed by atoms with Gasteiger partial charge in [0.2, 0.25) is 5.95 Å². The normalized spacial score (nSPS) is 11.8. The summed E-state index contributed by atoms with van der Waals surface area (Å²) in [5.74, 6) is 0.608. The Balaban J connectivity index is 1.22. The van der Waals surface area contributed by atoms with Crippen LogP contribution in [0.15, 0.2) is 174 Å². The Morgan fingerprint density at radius 3 is 1.79 bits per heavy atom. The van der Waals surface area contributed by atoms with Crippen LogP contribution in [0.2, 0.25) is 0 Å². The van der Waals surface area contributed by atoms with Crippen LogP contribution in [0.1, 0.15) is 0 Å². The van der Waals surface area contributed by atoms with Gasteiger partial charge in [-0.1, -0.05) is 127 Å². The van der Waals surface area contributed by atoms with E-state index in [4.69, 9.17) is 19.4 Å². The van der Waals surface area contributed by atoms with Crippen molar-refractivity contribution in [3.05, 3.63) is 170 Å². The molecule has 0 unspecified atom stereocenters. The highest BCUT2D eigenvalue weighted by molar-refractivity contribution is 6.29. The predicted octanol–water partition coefficient (Wildman–Crippen LogP) is 12.2. The Labute approximate surface area is 298 Å². The summed E-state index contributed by atoms with van der Waals surface area (Å²) >= 11 is 0. The number of benzene rings is 7. The molecule has 0 aliphatic carbocycles. The van der Waals surface area contributed by atoms with Gasteiger partial charge in [0.1, 0.15) is 11.2 Å². The minimum absolute atomic E-state index is 0.608. The van der Waals surface area contributed by atoms with Gasteiger partial charge in [-0.2, -0.15) is 0 Å². The van der Waals surface area contributed by atoms with Crippen LogP contribution in [0.25, 0.3) is 105 Å². The lowest BCUT2D eigenvalue weighted by molar-refractivity contribution is 0.670. The minimum atomic E-state index is 0.608. The van der Waals surface area contributed by atoms with Crippen LogP contribution in [0.4, 0.5) is 0 Å². The van der Waals surface area contributed by atoms with Gasteiger partial charge in [-0.15, -0.1) is 0 Å². The summed E-state index contributed by atoms with van der Waals surface area (Å²) in [5.41, 5.74) is 10.3. The Morgan fingerprint density at radius 1 is 0.423 bits per heavy atom. The lowest BCUT2D eigenvalue weighted by atomic mass is 9.95. The molecule has 242 valence electrons. The molecule has 4 aromatic heterocycles. The molecule has 4 heterocycles. The van der Waals surface area contributed by atoms with E-state index in [0.29, 0.717) is 5.95 Å². The highest BCUT2D eigenvalue weighted by atomic mass is 16.3. The number of furan rings is 1. The Kier molecular flexibility index (Phi) is 6.18. The smallest absolute Gasteiger partial charge is 0.235 e. The number of aromatic nitrogens is 4. The van der Waals surface area contributed by atoms with E-state index in [2.05, 4.69) is 150 Å². The second-order valence-electron chi connectivity index (χ2n) is 13.2. The zero-order chi connectivity index (χ0) is 34.2. The van der Waals surface area contributed by atoms with E-state index in [1.807, 2.05) is 24.3 Å². The topological polar surface area (TPSA) is 56.7 Å². The van der Waals surface area contributed by atoms with Crippen molar-refractivity contribution >= 4 is 65.4 Å². The Bertz CT molecular complexity index is 3130. The molecule has 7 aromatic carbocycles. The van der Waals surface area contributed by atoms with Crippen molar-refractivity contribution in [3.63, 3.8) is 0 Å². The first-order valence-corrected chi connectivity index (χ1v) is 17.5. The third-order valence-electron chi connectivity index (χ3n) is 10.2. The number of nitrogens with zero attached hydrogens (tertiary/aromatic N) is 4. The molecular weight excluding hydrogens is 637 g/mol. The van der Waals surface area contributed by atoms with Crippen LogP contribution in [0.5, 0.6) is 0 Å².